The first kappa shape index (κ1) is 23.2. The molecule has 170 valence electrons. The Balaban J connectivity index is 2.00. The second kappa shape index (κ2) is 9.77. The van der Waals surface area contributed by atoms with Gasteiger partial charge >= 0.3 is 11.7 Å². The molecule has 11 heteroatoms. The fourth-order valence-electron chi connectivity index (χ4n) is 3.32. The van der Waals surface area contributed by atoms with E-state index < -0.39 is 26.6 Å². The number of anilines is 1. The van der Waals surface area contributed by atoms with Gasteiger partial charge < -0.3 is 4.84 Å². The van der Waals surface area contributed by atoms with Crippen molar-refractivity contribution in [2.75, 3.05) is 5.48 Å². The van der Waals surface area contributed by atoms with E-state index in [0.29, 0.717) is 12.8 Å². The standard InChI is InChI=1S/C21H24N4O6S/c1-3-5-9-15(4-2)21(26)31-23-19-17-12-13-24(20(17)22-14-18(19)25(27)28)32(29,30)16-10-7-6-8-11-16/h6-8,10-15H,3-5,9H2,1-2H3,(H,22,23). The van der Waals surface area contributed by atoms with Gasteiger partial charge in [0.25, 0.3) is 10.0 Å². The Kier molecular flexibility index (Phi) is 7.08. The van der Waals surface area contributed by atoms with Crippen LogP contribution in [0.5, 0.6) is 0 Å². The van der Waals surface area contributed by atoms with Crippen molar-refractivity contribution in [3.63, 3.8) is 0 Å². The van der Waals surface area contributed by atoms with Gasteiger partial charge in [0.2, 0.25) is 0 Å². The van der Waals surface area contributed by atoms with Crippen LogP contribution in [0.2, 0.25) is 0 Å². The van der Waals surface area contributed by atoms with Crippen molar-refractivity contribution in [1.82, 2.24) is 8.96 Å². The van der Waals surface area contributed by atoms with Gasteiger partial charge in [-0.15, -0.1) is 0 Å². The second-order valence-corrected chi connectivity index (χ2v) is 9.03. The molecule has 0 saturated carbocycles. The molecule has 3 rings (SSSR count). The van der Waals surface area contributed by atoms with Crippen LogP contribution in [0.15, 0.2) is 53.7 Å². The van der Waals surface area contributed by atoms with Gasteiger partial charge in [0, 0.05) is 6.20 Å². The number of fused-ring (bicyclic) bond motifs is 1. The number of hydrogen-bond acceptors (Lipinski definition) is 8. The van der Waals surface area contributed by atoms with Crippen molar-refractivity contribution in [2.45, 2.75) is 44.4 Å². The fraction of sp³-hybridized carbons (Fsp3) is 0.333. The summed E-state index contributed by atoms with van der Waals surface area (Å²) >= 11 is 0. The number of pyridine rings is 1. The second-order valence-electron chi connectivity index (χ2n) is 7.21. The minimum atomic E-state index is -3.98. The van der Waals surface area contributed by atoms with Gasteiger partial charge in [0.05, 0.1) is 21.1 Å². The molecule has 3 aromatic rings. The van der Waals surface area contributed by atoms with Crippen LogP contribution >= 0.6 is 0 Å². The highest BCUT2D eigenvalue weighted by atomic mass is 32.2. The summed E-state index contributed by atoms with van der Waals surface area (Å²) in [5.74, 6) is -0.876. The van der Waals surface area contributed by atoms with E-state index in [9.17, 15) is 23.3 Å². The maximum Gasteiger partial charge on any atom is 0.335 e. The van der Waals surface area contributed by atoms with Crippen molar-refractivity contribution >= 4 is 38.4 Å². The summed E-state index contributed by atoms with van der Waals surface area (Å²) in [5, 5.41) is 11.7. The zero-order valence-electron chi connectivity index (χ0n) is 17.7. The highest BCUT2D eigenvalue weighted by Crippen LogP contribution is 2.34. The van der Waals surface area contributed by atoms with E-state index >= 15 is 0 Å². The lowest BCUT2D eigenvalue weighted by atomic mass is 10.00. The molecule has 1 aromatic carbocycles. The maximum atomic E-state index is 13.0. The summed E-state index contributed by atoms with van der Waals surface area (Å²) in [7, 11) is -3.98. The molecule has 0 aliphatic heterocycles. The first-order valence-electron chi connectivity index (χ1n) is 10.2. The van der Waals surface area contributed by atoms with Crippen molar-refractivity contribution in [2.24, 2.45) is 5.92 Å². The quantitative estimate of drug-likeness (QED) is 0.350. The summed E-state index contributed by atoms with van der Waals surface area (Å²) in [6.45, 7) is 3.88. The monoisotopic (exact) mass is 460 g/mol. The minimum Gasteiger partial charge on any atom is -0.343 e. The highest BCUT2D eigenvalue weighted by Gasteiger charge is 2.26. The molecule has 32 heavy (non-hydrogen) atoms. The van der Waals surface area contributed by atoms with Gasteiger partial charge in [0.15, 0.2) is 11.3 Å². The van der Waals surface area contributed by atoms with Gasteiger partial charge in [-0.1, -0.05) is 44.9 Å². The van der Waals surface area contributed by atoms with Crippen LogP contribution in [0.3, 0.4) is 0 Å². The Labute approximate surface area is 185 Å². The van der Waals surface area contributed by atoms with E-state index in [4.69, 9.17) is 4.84 Å². The average molecular weight is 461 g/mol. The molecule has 0 aliphatic carbocycles. The summed E-state index contributed by atoms with van der Waals surface area (Å²) in [6.07, 6.45) is 5.19. The van der Waals surface area contributed by atoms with Crippen LogP contribution in [-0.2, 0) is 19.7 Å². The Bertz CT molecular complexity index is 1220. The Morgan fingerprint density at radius 2 is 1.97 bits per heavy atom. The average Bonchev–Trinajstić information content (AvgIpc) is 3.23. The van der Waals surface area contributed by atoms with Gasteiger partial charge in [0.1, 0.15) is 6.20 Å². The first-order valence-corrected chi connectivity index (χ1v) is 11.7. The number of nitrogens with one attached hydrogen (secondary N) is 1. The van der Waals surface area contributed by atoms with Gasteiger partial charge in [-0.05, 0) is 31.0 Å². The van der Waals surface area contributed by atoms with Crippen LogP contribution in [0, 0.1) is 16.0 Å². The molecular weight excluding hydrogens is 436 g/mol. The highest BCUT2D eigenvalue weighted by molar-refractivity contribution is 7.90. The Morgan fingerprint density at radius 3 is 2.59 bits per heavy atom. The summed E-state index contributed by atoms with van der Waals surface area (Å²) in [5.41, 5.74) is 1.78. The number of carbonyl (C=O) groups is 1. The number of aromatic nitrogens is 2. The number of nitrogens with zero attached hydrogens (tertiary/aromatic N) is 3. The third-order valence-electron chi connectivity index (χ3n) is 5.14. The minimum absolute atomic E-state index is 0.0315. The topological polar surface area (TPSA) is 133 Å². The molecule has 0 radical (unpaired) electrons. The third kappa shape index (κ3) is 4.57. The van der Waals surface area contributed by atoms with Crippen LogP contribution in [0.1, 0.15) is 39.5 Å². The molecule has 0 fully saturated rings. The van der Waals surface area contributed by atoms with E-state index in [-0.39, 0.29) is 27.5 Å². The predicted octanol–water partition coefficient (Wildman–Crippen LogP) is 4.27. The van der Waals surface area contributed by atoms with E-state index in [1.54, 1.807) is 18.2 Å². The largest absolute Gasteiger partial charge is 0.343 e. The van der Waals surface area contributed by atoms with Crippen LogP contribution < -0.4 is 5.48 Å². The van der Waals surface area contributed by atoms with Crippen molar-refractivity contribution in [3.8, 4) is 0 Å². The number of rotatable bonds is 10. The molecule has 1 N–H and O–H groups in total. The molecule has 1 atom stereocenters. The molecule has 10 nitrogen and oxygen atoms in total. The SMILES string of the molecule is CCCCC(CC)C(=O)ONc1c([N+](=O)[O-])cnc2c1ccn2S(=O)(=O)c1ccccc1. The van der Waals surface area contributed by atoms with Gasteiger partial charge in [-0.25, -0.2) is 27.6 Å². The van der Waals surface area contributed by atoms with E-state index in [2.05, 4.69) is 10.5 Å². The predicted molar refractivity (Wildman–Crippen MR) is 118 cm³/mol. The normalized spacial score (nSPS) is 12.4. The molecule has 0 saturated heterocycles. The lowest BCUT2D eigenvalue weighted by Gasteiger charge is -2.14. The first-order chi connectivity index (χ1) is 15.3. The van der Waals surface area contributed by atoms with Crippen LogP contribution in [-0.4, -0.2) is 28.3 Å². The number of unbranched alkanes of at least 4 members (excludes halogenated alkanes) is 1. The summed E-state index contributed by atoms with van der Waals surface area (Å²) < 4.78 is 27.0. The van der Waals surface area contributed by atoms with E-state index in [1.165, 1.54) is 24.4 Å². The lowest BCUT2D eigenvalue weighted by Crippen LogP contribution is -2.20. The van der Waals surface area contributed by atoms with Crippen LogP contribution in [0.4, 0.5) is 11.4 Å². The zero-order chi connectivity index (χ0) is 23.3. The molecular formula is C21H24N4O6S. The fourth-order valence-corrected chi connectivity index (χ4v) is 4.64. The van der Waals surface area contributed by atoms with E-state index in [0.717, 1.165) is 23.0 Å². The van der Waals surface area contributed by atoms with Gasteiger partial charge in [-0.2, -0.15) is 0 Å². The van der Waals surface area contributed by atoms with Crippen molar-refractivity contribution in [1.29, 1.82) is 0 Å². The van der Waals surface area contributed by atoms with Crippen LogP contribution in [0.25, 0.3) is 11.0 Å². The number of benzene rings is 1. The molecule has 2 aromatic heterocycles. The lowest BCUT2D eigenvalue weighted by molar-refractivity contribution is -0.384. The smallest absolute Gasteiger partial charge is 0.335 e. The number of nitro groups is 1. The molecule has 0 bridgehead atoms. The Morgan fingerprint density at radius 1 is 1.25 bits per heavy atom. The molecule has 1 unspecified atom stereocenters. The Hall–Kier alpha value is -3.47. The summed E-state index contributed by atoms with van der Waals surface area (Å²) in [4.78, 5) is 32.5. The summed E-state index contributed by atoms with van der Waals surface area (Å²) in [6, 6.07) is 9.12. The molecule has 2 heterocycles. The van der Waals surface area contributed by atoms with E-state index in [1.807, 2.05) is 13.8 Å². The number of carbonyl (C=O) groups excluding carboxylic acids is 1. The molecule has 0 amide bonds. The third-order valence-corrected chi connectivity index (χ3v) is 6.82. The van der Waals surface area contributed by atoms with Crippen molar-refractivity contribution < 1.29 is 23.0 Å². The maximum absolute atomic E-state index is 13.0. The number of hydrogen-bond donors (Lipinski definition) is 1. The molecule has 0 aliphatic rings. The zero-order valence-corrected chi connectivity index (χ0v) is 18.5. The molecule has 0 spiro atoms. The van der Waals surface area contributed by atoms with Crippen molar-refractivity contribution in [3.05, 3.63) is 58.9 Å². The van der Waals surface area contributed by atoms with Gasteiger partial charge in [-0.3, -0.25) is 10.1 Å².